The van der Waals surface area contributed by atoms with Crippen molar-refractivity contribution in [1.82, 2.24) is 0 Å². The number of carbonyl (C=O) groups excluding carboxylic acids is 2. The van der Waals surface area contributed by atoms with Crippen molar-refractivity contribution in [3.05, 3.63) is 46.7 Å². The Balaban J connectivity index is 2.14. The summed E-state index contributed by atoms with van der Waals surface area (Å²) >= 11 is 0. The summed E-state index contributed by atoms with van der Waals surface area (Å²) in [4.78, 5) is 25.0. The van der Waals surface area contributed by atoms with Gasteiger partial charge in [0.25, 0.3) is 0 Å². The highest BCUT2D eigenvalue weighted by atomic mass is 16.3. The minimum atomic E-state index is -0.415. The number of Topliss-reactive ketones (excluding diaryl/α,β-unsaturated/α-hetero) is 2. The maximum atomic E-state index is 12.7. The third kappa shape index (κ3) is 1.80. The molecule has 3 rings (SSSR count). The van der Waals surface area contributed by atoms with Crippen molar-refractivity contribution in [3.8, 4) is 0 Å². The van der Waals surface area contributed by atoms with E-state index in [1.807, 2.05) is 6.92 Å². The monoisotopic (exact) mass is 270 g/mol. The fourth-order valence-corrected chi connectivity index (χ4v) is 3.50. The van der Waals surface area contributed by atoms with E-state index in [4.69, 9.17) is 0 Å². The molecule has 0 aliphatic heterocycles. The van der Waals surface area contributed by atoms with Gasteiger partial charge in [0.15, 0.2) is 11.5 Å². The highest BCUT2D eigenvalue weighted by Crippen LogP contribution is 2.46. The van der Waals surface area contributed by atoms with Crippen LogP contribution < -0.4 is 0 Å². The summed E-state index contributed by atoms with van der Waals surface area (Å²) in [7, 11) is 0. The number of hydrogen-bond acceptors (Lipinski definition) is 3. The molecule has 1 saturated carbocycles. The molecule has 0 unspecified atom stereocenters. The van der Waals surface area contributed by atoms with Crippen LogP contribution in [0.5, 0.6) is 0 Å². The summed E-state index contributed by atoms with van der Waals surface area (Å²) in [5, 5.41) is 10.3. The predicted octanol–water partition coefficient (Wildman–Crippen LogP) is 3.85. The second-order valence-corrected chi connectivity index (χ2v) is 6.05. The van der Waals surface area contributed by atoms with Crippen LogP contribution in [-0.4, -0.2) is 16.7 Å². The van der Waals surface area contributed by atoms with Gasteiger partial charge in [0.2, 0.25) is 5.78 Å². The van der Waals surface area contributed by atoms with E-state index in [2.05, 4.69) is 0 Å². The Labute approximate surface area is 118 Å². The fraction of sp³-hybridized carbons (Fsp3) is 0.412. The molecule has 2 aliphatic rings. The molecule has 3 nitrogen and oxygen atoms in total. The predicted molar refractivity (Wildman–Crippen MR) is 75.9 cm³/mol. The minimum Gasteiger partial charge on any atom is -0.504 e. The first-order valence-corrected chi connectivity index (χ1v) is 7.17. The highest BCUT2D eigenvalue weighted by molar-refractivity contribution is 6.26. The molecule has 20 heavy (non-hydrogen) atoms. The Morgan fingerprint density at radius 3 is 2.10 bits per heavy atom. The van der Waals surface area contributed by atoms with Crippen LogP contribution in [0.15, 0.2) is 35.6 Å². The summed E-state index contributed by atoms with van der Waals surface area (Å²) < 4.78 is 0. The summed E-state index contributed by atoms with van der Waals surface area (Å²) in [6.45, 7) is 2.00. The molecule has 0 amide bonds. The van der Waals surface area contributed by atoms with Crippen LogP contribution >= 0.6 is 0 Å². The zero-order valence-corrected chi connectivity index (χ0v) is 11.6. The van der Waals surface area contributed by atoms with Crippen LogP contribution in [0.3, 0.4) is 0 Å². The van der Waals surface area contributed by atoms with Gasteiger partial charge in [0.05, 0.1) is 5.57 Å². The van der Waals surface area contributed by atoms with E-state index in [0.717, 1.165) is 32.1 Å². The zero-order chi connectivity index (χ0) is 14.3. The largest absolute Gasteiger partial charge is 0.504 e. The number of ketones is 2. The third-order valence-electron chi connectivity index (χ3n) is 4.66. The van der Waals surface area contributed by atoms with E-state index in [-0.39, 0.29) is 17.0 Å². The van der Waals surface area contributed by atoms with Gasteiger partial charge >= 0.3 is 0 Å². The number of carbonyl (C=O) groups is 2. The van der Waals surface area contributed by atoms with Gasteiger partial charge in [-0.3, -0.25) is 9.59 Å². The van der Waals surface area contributed by atoms with Gasteiger partial charge in [-0.2, -0.15) is 0 Å². The lowest BCUT2D eigenvalue weighted by molar-refractivity contribution is 0.0891. The van der Waals surface area contributed by atoms with Crippen molar-refractivity contribution in [2.24, 2.45) is 5.41 Å². The van der Waals surface area contributed by atoms with Gasteiger partial charge in [0, 0.05) is 16.5 Å². The first kappa shape index (κ1) is 13.1. The summed E-state index contributed by atoms with van der Waals surface area (Å²) in [5.74, 6) is -0.929. The molecule has 1 fully saturated rings. The average molecular weight is 270 g/mol. The van der Waals surface area contributed by atoms with Crippen molar-refractivity contribution in [3.63, 3.8) is 0 Å². The second-order valence-electron chi connectivity index (χ2n) is 6.05. The van der Waals surface area contributed by atoms with Crippen LogP contribution in [0.4, 0.5) is 0 Å². The molecule has 0 heterocycles. The molecule has 0 atom stereocenters. The number of aliphatic hydroxyl groups excluding tert-OH is 1. The van der Waals surface area contributed by atoms with Gasteiger partial charge < -0.3 is 5.11 Å². The maximum absolute atomic E-state index is 12.7. The lowest BCUT2D eigenvalue weighted by Gasteiger charge is -2.37. The number of rotatable bonds is 1. The number of aliphatic hydroxyl groups is 1. The minimum absolute atomic E-state index is 0.179. The molecule has 0 aromatic heterocycles. The number of allylic oxidation sites excluding steroid dienone is 2. The van der Waals surface area contributed by atoms with E-state index >= 15 is 0 Å². The zero-order valence-electron chi connectivity index (χ0n) is 11.6. The van der Waals surface area contributed by atoms with Crippen molar-refractivity contribution >= 4 is 11.6 Å². The van der Waals surface area contributed by atoms with E-state index < -0.39 is 5.78 Å². The molecule has 2 aliphatic carbocycles. The standard InChI is InChI=1S/C17H18O3/c1-17(9-5-2-6-10-17)13-14(18)11-7-3-4-8-12(11)15(19)16(13)20/h3-4,7-8,20H,2,5-6,9-10H2,1H3. The van der Waals surface area contributed by atoms with Crippen LogP contribution in [0.25, 0.3) is 0 Å². The van der Waals surface area contributed by atoms with Crippen molar-refractivity contribution in [1.29, 1.82) is 0 Å². The van der Waals surface area contributed by atoms with Gasteiger partial charge in [0.1, 0.15) is 0 Å². The van der Waals surface area contributed by atoms with E-state index in [1.54, 1.807) is 24.3 Å². The normalized spacial score (nSPS) is 21.9. The fourth-order valence-electron chi connectivity index (χ4n) is 3.50. The molecule has 0 bridgehead atoms. The summed E-state index contributed by atoms with van der Waals surface area (Å²) in [5.41, 5.74) is 0.707. The van der Waals surface area contributed by atoms with Crippen LogP contribution in [0.2, 0.25) is 0 Å². The second kappa shape index (κ2) is 4.58. The molecular formula is C17H18O3. The molecule has 0 spiro atoms. The summed E-state index contributed by atoms with van der Waals surface area (Å²) in [6.07, 6.45) is 4.94. The maximum Gasteiger partial charge on any atom is 0.228 e. The first-order chi connectivity index (χ1) is 9.54. The Hall–Kier alpha value is -1.90. The number of benzene rings is 1. The van der Waals surface area contributed by atoms with Crippen LogP contribution in [-0.2, 0) is 0 Å². The van der Waals surface area contributed by atoms with Gasteiger partial charge in [-0.05, 0) is 12.8 Å². The topological polar surface area (TPSA) is 54.4 Å². The lowest BCUT2D eigenvalue weighted by Crippen LogP contribution is -2.33. The highest BCUT2D eigenvalue weighted by Gasteiger charge is 2.42. The Morgan fingerprint density at radius 1 is 0.950 bits per heavy atom. The quantitative estimate of drug-likeness (QED) is 0.843. The Bertz CT molecular complexity index is 619. The molecule has 104 valence electrons. The molecule has 3 heteroatoms. The number of fused-ring (bicyclic) bond motifs is 1. The van der Waals surface area contributed by atoms with Crippen molar-refractivity contribution in [2.45, 2.75) is 39.0 Å². The van der Waals surface area contributed by atoms with Gasteiger partial charge in [-0.15, -0.1) is 0 Å². The van der Waals surface area contributed by atoms with Crippen molar-refractivity contribution in [2.75, 3.05) is 0 Å². The van der Waals surface area contributed by atoms with E-state index in [0.29, 0.717) is 16.7 Å². The molecule has 0 saturated heterocycles. The molecule has 1 aromatic rings. The first-order valence-electron chi connectivity index (χ1n) is 7.17. The molecule has 1 N–H and O–H groups in total. The average Bonchev–Trinajstić information content (AvgIpc) is 2.46. The van der Waals surface area contributed by atoms with Gasteiger partial charge in [-0.25, -0.2) is 0 Å². The SMILES string of the molecule is CC1(C2=C(O)C(=O)c3ccccc3C2=O)CCCCC1. The molecular weight excluding hydrogens is 252 g/mol. The molecule has 0 radical (unpaired) electrons. The van der Waals surface area contributed by atoms with Crippen LogP contribution in [0, 0.1) is 5.41 Å². The lowest BCUT2D eigenvalue weighted by atomic mass is 9.66. The van der Waals surface area contributed by atoms with Crippen LogP contribution in [0.1, 0.15) is 59.7 Å². The smallest absolute Gasteiger partial charge is 0.228 e. The Kier molecular flexibility index (Phi) is 3.00. The summed E-state index contributed by atoms with van der Waals surface area (Å²) in [6, 6.07) is 6.75. The Morgan fingerprint density at radius 2 is 1.50 bits per heavy atom. The van der Waals surface area contributed by atoms with E-state index in [9.17, 15) is 14.7 Å². The van der Waals surface area contributed by atoms with E-state index in [1.165, 1.54) is 0 Å². The number of hydrogen-bond donors (Lipinski definition) is 1. The third-order valence-corrected chi connectivity index (χ3v) is 4.66. The van der Waals surface area contributed by atoms with Gasteiger partial charge in [-0.1, -0.05) is 50.5 Å². The van der Waals surface area contributed by atoms with Crippen molar-refractivity contribution < 1.29 is 14.7 Å². The molecule has 1 aromatic carbocycles.